The van der Waals surface area contributed by atoms with Gasteiger partial charge in [0.2, 0.25) is 5.91 Å². The summed E-state index contributed by atoms with van der Waals surface area (Å²) < 4.78 is 0. The molecule has 0 unspecified atom stereocenters. The third kappa shape index (κ3) is 3.63. The van der Waals surface area contributed by atoms with E-state index in [9.17, 15) is 14.7 Å². The predicted octanol–water partition coefficient (Wildman–Crippen LogP) is 2.72. The molecule has 1 aliphatic rings. The van der Waals surface area contributed by atoms with Crippen molar-refractivity contribution in [1.82, 2.24) is 4.90 Å². The summed E-state index contributed by atoms with van der Waals surface area (Å²) in [4.78, 5) is 25.5. The summed E-state index contributed by atoms with van der Waals surface area (Å²) >= 11 is 0. The Morgan fingerprint density at radius 3 is 2.38 bits per heavy atom. The second kappa shape index (κ2) is 6.74. The maximum atomic E-state index is 12.4. The largest absolute Gasteiger partial charge is 0.481 e. The van der Waals surface area contributed by atoms with Crippen LogP contribution < -0.4 is 0 Å². The molecule has 0 heterocycles. The molecule has 4 heteroatoms. The highest BCUT2D eigenvalue weighted by atomic mass is 16.4. The summed E-state index contributed by atoms with van der Waals surface area (Å²) in [5.74, 6) is -0.850. The van der Waals surface area contributed by atoms with E-state index in [0.29, 0.717) is 25.9 Å². The molecule has 0 spiro atoms. The fraction of sp³-hybridized carbons (Fsp3) is 0.529. The topological polar surface area (TPSA) is 57.6 Å². The van der Waals surface area contributed by atoms with Crippen LogP contribution in [0.15, 0.2) is 30.3 Å². The number of hydrogen-bond acceptors (Lipinski definition) is 2. The first-order chi connectivity index (χ1) is 10.1. The summed E-state index contributed by atoms with van der Waals surface area (Å²) in [6.07, 6.45) is 3.12. The molecule has 1 aliphatic carbocycles. The van der Waals surface area contributed by atoms with E-state index in [2.05, 4.69) is 0 Å². The van der Waals surface area contributed by atoms with Gasteiger partial charge < -0.3 is 10.0 Å². The molecule has 0 saturated heterocycles. The van der Waals surface area contributed by atoms with Crippen molar-refractivity contribution >= 4 is 11.9 Å². The maximum Gasteiger partial charge on any atom is 0.310 e. The molecule has 114 valence electrons. The molecule has 1 saturated carbocycles. The van der Waals surface area contributed by atoms with Gasteiger partial charge in [0.05, 0.1) is 5.41 Å². The zero-order valence-electron chi connectivity index (χ0n) is 12.5. The standard InChI is InChI=1S/C17H23NO3/c1-2-18(12-9-14-7-4-3-5-8-14)15(19)13-17(16(20)21)10-6-11-17/h3-5,7-8H,2,6,9-13H2,1H3,(H,20,21). The Kier molecular flexibility index (Phi) is 4.99. The number of nitrogens with zero attached hydrogens (tertiary/aromatic N) is 1. The second-order valence-corrected chi connectivity index (χ2v) is 5.82. The Balaban J connectivity index is 1.91. The molecule has 1 N–H and O–H groups in total. The number of aliphatic carboxylic acids is 1. The van der Waals surface area contributed by atoms with Gasteiger partial charge in [0, 0.05) is 19.5 Å². The monoisotopic (exact) mass is 289 g/mol. The summed E-state index contributed by atoms with van der Waals surface area (Å²) in [7, 11) is 0. The fourth-order valence-corrected chi connectivity index (χ4v) is 2.84. The van der Waals surface area contributed by atoms with Crippen molar-refractivity contribution < 1.29 is 14.7 Å². The van der Waals surface area contributed by atoms with Gasteiger partial charge in [-0.15, -0.1) is 0 Å². The SMILES string of the molecule is CCN(CCc1ccccc1)C(=O)CC1(C(=O)O)CCC1. The second-order valence-electron chi connectivity index (χ2n) is 5.82. The van der Waals surface area contributed by atoms with E-state index in [1.807, 2.05) is 37.3 Å². The average Bonchev–Trinajstić information content (AvgIpc) is 2.44. The molecule has 4 nitrogen and oxygen atoms in total. The van der Waals surface area contributed by atoms with Crippen LogP contribution in [0.2, 0.25) is 0 Å². The molecule has 0 radical (unpaired) electrons. The Morgan fingerprint density at radius 2 is 1.90 bits per heavy atom. The number of rotatable bonds is 7. The molecule has 0 aliphatic heterocycles. The number of carboxylic acids is 1. The van der Waals surface area contributed by atoms with Gasteiger partial charge in [-0.2, -0.15) is 0 Å². The van der Waals surface area contributed by atoms with Crippen LogP contribution in [0.3, 0.4) is 0 Å². The molecule has 0 bridgehead atoms. The summed E-state index contributed by atoms with van der Waals surface area (Å²) in [5.41, 5.74) is 0.400. The third-order valence-corrected chi connectivity index (χ3v) is 4.50. The molecule has 21 heavy (non-hydrogen) atoms. The molecule has 2 rings (SSSR count). The highest BCUT2D eigenvalue weighted by Gasteiger charge is 2.46. The van der Waals surface area contributed by atoms with Gasteiger partial charge in [-0.1, -0.05) is 36.8 Å². The molecule has 0 aromatic heterocycles. The van der Waals surface area contributed by atoms with Gasteiger partial charge in [-0.25, -0.2) is 0 Å². The van der Waals surface area contributed by atoms with Crippen LogP contribution in [0.4, 0.5) is 0 Å². The molecular formula is C17H23NO3. The van der Waals surface area contributed by atoms with Crippen LogP contribution in [-0.2, 0) is 16.0 Å². The predicted molar refractivity (Wildman–Crippen MR) is 80.9 cm³/mol. The Bertz CT molecular complexity index is 494. The van der Waals surface area contributed by atoms with Crippen LogP contribution in [0.1, 0.15) is 38.2 Å². The molecule has 1 amide bonds. The van der Waals surface area contributed by atoms with Gasteiger partial charge in [0.25, 0.3) is 0 Å². The lowest BCUT2D eigenvalue weighted by Gasteiger charge is -2.38. The smallest absolute Gasteiger partial charge is 0.310 e. The zero-order chi connectivity index (χ0) is 15.3. The average molecular weight is 289 g/mol. The third-order valence-electron chi connectivity index (χ3n) is 4.50. The number of hydrogen-bond donors (Lipinski definition) is 1. The number of carboxylic acid groups (broad SMARTS) is 1. The van der Waals surface area contributed by atoms with E-state index in [1.54, 1.807) is 4.90 Å². The lowest BCUT2D eigenvalue weighted by atomic mass is 9.66. The highest BCUT2D eigenvalue weighted by molar-refractivity contribution is 5.85. The van der Waals surface area contributed by atoms with Crippen molar-refractivity contribution in [2.24, 2.45) is 5.41 Å². The van der Waals surface area contributed by atoms with Crippen LogP contribution in [0, 0.1) is 5.41 Å². The molecular weight excluding hydrogens is 266 g/mol. The minimum Gasteiger partial charge on any atom is -0.481 e. The Hall–Kier alpha value is -1.84. The van der Waals surface area contributed by atoms with Gasteiger partial charge in [0.15, 0.2) is 0 Å². The molecule has 1 aromatic carbocycles. The van der Waals surface area contributed by atoms with E-state index in [4.69, 9.17) is 0 Å². The maximum absolute atomic E-state index is 12.4. The number of amides is 1. The van der Waals surface area contributed by atoms with Crippen molar-refractivity contribution in [1.29, 1.82) is 0 Å². The summed E-state index contributed by atoms with van der Waals surface area (Å²) in [6.45, 7) is 3.22. The molecule has 1 aromatic rings. The Morgan fingerprint density at radius 1 is 1.24 bits per heavy atom. The zero-order valence-corrected chi connectivity index (χ0v) is 12.5. The van der Waals surface area contributed by atoms with Crippen molar-refractivity contribution in [2.45, 2.75) is 39.0 Å². The lowest BCUT2D eigenvalue weighted by Crippen LogP contribution is -2.44. The normalized spacial score (nSPS) is 16.0. The van der Waals surface area contributed by atoms with Crippen LogP contribution >= 0.6 is 0 Å². The highest BCUT2D eigenvalue weighted by Crippen LogP contribution is 2.44. The lowest BCUT2D eigenvalue weighted by molar-refractivity contribution is -0.159. The van der Waals surface area contributed by atoms with E-state index in [1.165, 1.54) is 5.56 Å². The minimum atomic E-state index is -0.818. The van der Waals surface area contributed by atoms with E-state index in [-0.39, 0.29) is 12.3 Å². The summed E-state index contributed by atoms with van der Waals surface area (Å²) in [5, 5.41) is 9.32. The Labute approximate surface area is 125 Å². The van der Waals surface area contributed by atoms with Gasteiger partial charge in [-0.3, -0.25) is 9.59 Å². The van der Waals surface area contributed by atoms with E-state index < -0.39 is 11.4 Å². The van der Waals surface area contributed by atoms with Gasteiger partial charge in [0.1, 0.15) is 0 Å². The first-order valence-corrected chi connectivity index (χ1v) is 7.62. The minimum absolute atomic E-state index is 0.0319. The summed E-state index contributed by atoms with van der Waals surface area (Å²) in [6, 6.07) is 10.0. The van der Waals surface area contributed by atoms with Crippen molar-refractivity contribution in [3.05, 3.63) is 35.9 Å². The number of carbonyl (C=O) groups is 2. The number of likely N-dealkylation sites (N-methyl/N-ethyl adjacent to an activating group) is 1. The van der Waals surface area contributed by atoms with Crippen LogP contribution in [0.5, 0.6) is 0 Å². The van der Waals surface area contributed by atoms with Crippen molar-refractivity contribution in [2.75, 3.05) is 13.1 Å². The first kappa shape index (κ1) is 15.5. The van der Waals surface area contributed by atoms with Crippen molar-refractivity contribution in [3.8, 4) is 0 Å². The molecule has 0 atom stereocenters. The van der Waals surface area contributed by atoms with E-state index >= 15 is 0 Å². The molecule has 1 fully saturated rings. The first-order valence-electron chi connectivity index (χ1n) is 7.62. The van der Waals surface area contributed by atoms with E-state index in [0.717, 1.165) is 12.8 Å². The van der Waals surface area contributed by atoms with Gasteiger partial charge >= 0.3 is 5.97 Å². The number of benzene rings is 1. The van der Waals surface area contributed by atoms with Crippen molar-refractivity contribution in [3.63, 3.8) is 0 Å². The number of carbonyl (C=O) groups excluding carboxylic acids is 1. The van der Waals surface area contributed by atoms with Crippen LogP contribution in [0.25, 0.3) is 0 Å². The van der Waals surface area contributed by atoms with Gasteiger partial charge in [-0.05, 0) is 31.7 Å². The quantitative estimate of drug-likeness (QED) is 0.839. The fourth-order valence-electron chi connectivity index (χ4n) is 2.84. The van der Waals surface area contributed by atoms with Crippen LogP contribution in [-0.4, -0.2) is 35.0 Å².